The number of carbonyl (C=O) groups is 2. The fourth-order valence-corrected chi connectivity index (χ4v) is 6.16. The Morgan fingerprint density at radius 2 is 1.52 bits per heavy atom. The number of aromatic nitrogens is 1. The second-order valence-electron chi connectivity index (χ2n) is 10.0. The zero-order valence-electron chi connectivity index (χ0n) is 24.2. The summed E-state index contributed by atoms with van der Waals surface area (Å²) in [6, 6.07) is 28.4. The van der Waals surface area contributed by atoms with Crippen molar-refractivity contribution in [1.29, 1.82) is 0 Å². The van der Waals surface area contributed by atoms with Crippen LogP contribution in [-0.4, -0.2) is 35.0 Å². The lowest BCUT2D eigenvalue weighted by Crippen LogP contribution is -2.29. The van der Waals surface area contributed by atoms with Crippen LogP contribution in [0.25, 0.3) is 16.0 Å². The summed E-state index contributed by atoms with van der Waals surface area (Å²) < 4.78 is 18.0. The smallest absolute Gasteiger partial charge is 0.301 e. The molecule has 1 atom stereocenters. The minimum atomic E-state index is -0.930. The summed E-state index contributed by atoms with van der Waals surface area (Å²) in [5.74, 6) is -0.00413. The molecule has 2 heterocycles. The van der Waals surface area contributed by atoms with Gasteiger partial charge in [0.1, 0.15) is 29.6 Å². The number of aliphatic hydroxyl groups excluding tert-OH is 1. The van der Waals surface area contributed by atoms with E-state index < -0.39 is 17.7 Å². The minimum Gasteiger partial charge on any atom is -0.507 e. The predicted octanol–water partition coefficient (Wildman–Crippen LogP) is 7.30. The van der Waals surface area contributed by atoms with Crippen molar-refractivity contribution in [3.8, 4) is 17.2 Å². The van der Waals surface area contributed by atoms with Crippen molar-refractivity contribution in [3.63, 3.8) is 0 Å². The number of carbonyl (C=O) groups excluding carboxylic acids is 2. The van der Waals surface area contributed by atoms with Crippen molar-refractivity contribution < 1.29 is 28.9 Å². The fraction of sp³-hybridized carbons (Fsp3) is 0.171. The average molecular weight is 607 g/mol. The lowest BCUT2D eigenvalue weighted by atomic mass is 9.95. The number of Topliss-reactive ketones (excluding diaryl/α,β-unsaturated/α-hetero) is 1. The second-order valence-corrected chi connectivity index (χ2v) is 11.0. The van der Waals surface area contributed by atoms with Crippen molar-refractivity contribution >= 4 is 44.1 Å². The van der Waals surface area contributed by atoms with Gasteiger partial charge in [-0.15, -0.1) is 0 Å². The van der Waals surface area contributed by atoms with Gasteiger partial charge in [-0.05, 0) is 67.4 Å². The Balaban J connectivity index is 1.42. The van der Waals surface area contributed by atoms with Crippen LogP contribution in [0, 0.1) is 0 Å². The number of ether oxygens (including phenoxy) is 3. The summed E-state index contributed by atoms with van der Waals surface area (Å²) >= 11 is 1.28. The van der Waals surface area contributed by atoms with Crippen molar-refractivity contribution in [2.45, 2.75) is 26.5 Å². The predicted molar refractivity (Wildman–Crippen MR) is 170 cm³/mol. The zero-order valence-corrected chi connectivity index (χ0v) is 25.0. The zero-order chi connectivity index (χ0) is 30.6. The summed E-state index contributed by atoms with van der Waals surface area (Å²) in [6.45, 7) is 5.12. The van der Waals surface area contributed by atoms with Crippen molar-refractivity contribution in [1.82, 2.24) is 4.98 Å². The van der Waals surface area contributed by atoms with E-state index in [0.29, 0.717) is 58.8 Å². The van der Waals surface area contributed by atoms with E-state index in [1.807, 2.05) is 62.4 Å². The summed E-state index contributed by atoms with van der Waals surface area (Å²) in [7, 11) is 0. The van der Waals surface area contributed by atoms with Crippen LogP contribution < -0.4 is 19.1 Å². The third-order valence-electron chi connectivity index (χ3n) is 7.17. The van der Waals surface area contributed by atoms with Crippen molar-refractivity contribution in [2.75, 3.05) is 18.1 Å². The van der Waals surface area contributed by atoms with E-state index in [4.69, 9.17) is 19.2 Å². The van der Waals surface area contributed by atoms with Gasteiger partial charge < -0.3 is 19.3 Å². The molecule has 1 amide bonds. The molecule has 6 rings (SSSR count). The maximum Gasteiger partial charge on any atom is 0.301 e. The van der Waals surface area contributed by atoms with E-state index in [1.54, 1.807) is 48.5 Å². The number of thiazole rings is 1. The molecule has 0 aliphatic carbocycles. The minimum absolute atomic E-state index is 0.0316. The number of amides is 1. The summed E-state index contributed by atoms with van der Waals surface area (Å²) in [6.07, 6.45) is 0. The highest BCUT2D eigenvalue weighted by Crippen LogP contribution is 2.45. The number of nitrogens with zero attached hydrogens (tertiary/aromatic N) is 2. The van der Waals surface area contributed by atoms with E-state index in [2.05, 4.69) is 0 Å². The Bertz CT molecular complexity index is 1850. The van der Waals surface area contributed by atoms with Gasteiger partial charge in [0.2, 0.25) is 0 Å². The van der Waals surface area contributed by atoms with E-state index in [0.717, 1.165) is 10.3 Å². The summed E-state index contributed by atoms with van der Waals surface area (Å²) in [5, 5.41) is 11.9. The molecule has 4 aromatic carbocycles. The molecule has 0 bridgehead atoms. The molecular formula is C35H30N2O6S. The van der Waals surface area contributed by atoms with Gasteiger partial charge in [0.15, 0.2) is 5.13 Å². The quantitative estimate of drug-likeness (QED) is 0.101. The first kappa shape index (κ1) is 28.9. The first-order valence-corrected chi connectivity index (χ1v) is 15.1. The summed E-state index contributed by atoms with van der Waals surface area (Å²) in [5.41, 5.74) is 2.65. The summed E-state index contributed by atoms with van der Waals surface area (Å²) in [4.78, 5) is 33.4. The highest BCUT2D eigenvalue weighted by Gasteiger charge is 2.48. The molecule has 44 heavy (non-hydrogen) atoms. The van der Waals surface area contributed by atoms with Crippen LogP contribution in [0.2, 0.25) is 0 Å². The van der Waals surface area contributed by atoms with Gasteiger partial charge in [0, 0.05) is 5.56 Å². The maximum absolute atomic E-state index is 13.7. The molecule has 5 aromatic rings. The maximum atomic E-state index is 13.7. The van der Waals surface area contributed by atoms with Gasteiger partial charge in [-0.25, -0.2) is 4.98 Å². The topological polar surface area (TPSA) is 98.2 Å². The molecule has 9 heteroatoms. The highest BCUT2D eigenvalue weighted by atomic mass is 32.1. The SMILES string of the molecule is CCOc1cccc(/C(O)=C2\C(=O)C(=O)N(c3nc4ccc(OCC)cc4s3)C2c2ccc(OCc3ccccc3)cc2)c1. The number of aliphatic hydroxyl groups is 1. The highest BCUT2D eigenvalue weighted by molar-refractivity contribution is 7.22. The second kappa shape index (κ2) is 12.6. The number of fused-ring (bicyclic) bond motifs is 1. The number of hydrogen-bond acceptors (Lipinski definition) is 8. The Labute approximate surface area is 258 Å². The van der Waals surface area contributed by atoms with Crippen LogP contribution in [0.15, 0.2) is 103 Å². The largest absolute Gasteiger partial charge is 0.507 e. The van der Waals surface area contributed by atoms with Crippen LogP contribution in [-0.2, 0) is 16.2 Å². The van der Waals surface area contributed by atoms with Crippen LogP contribution in [0.3, 0.4) is 0 Å². The van der Waals surface area contributed by atoms with Crippen molar-refractivity contribution in [2.24, 2.45) is 0 Å². The fourth-order valence-electron chi connectivity index (χ4n) is 5.14. The third-order valence-corrected chi connectivity index (χ3v) is 8.19. The average Bonchev–Trinajstić information content (AvgIpc) is 3.58. The van der Waals surface area contributed by atoms with Gasteiger partial charge in [-0.2, -0.15) is 0 Å². The third kappa shape index (κ3) is 5.74. The lowest BCUT2D eigenvalue weighted by Gasteiger charge is -2.23. The van der Waals surface area contributed by atoms with E-state index in [-0.39, 0.29) is 11.3 Å². The molecule has 8 nitrogen and oxygen atoms in total. The Hall–Kier alpha value is -5.15. The van der Waals surface area contributed by atoms with Gasteiger partial charge in [0.25, 0.3) is 5.78 Å². The number of ketones is 1. The molecule has 1 N–H and O–H groups in total. The van der Waals surface area contributed by atoms with Crippen LogP contribution in [0.5, 0.6) is 17.2 Å². The molecule has 1 saturated heterocycles. The van der Waals surface area contributed by atoms with Gasteiger partial charge in [-0.3, -0.25) is 14.5 Å². The Kier molecular flexibility index (Phi) is 8.29. The Morgan fingerprint density at radius 1 is 0.818 bits per heavy atom. The monoisotopic (exact) mass is 606 g/mol. The van der Waals surface area contributed by atoms with Gasteiger partial charge in [-0.1, -0.05) is 65.9 Å². The molecule has 0 radical (unpaired) electrons. The molecule has 1 aliphatic heterocycles. The molecule has 1 aromatic heterocycles. The molecule has 1 aliphatic rings. The van der Waals surface area contributed by atoms with Crippen LogP contribution in [0.1, 0.15) is 36.6 Å². The molecule has 222 valence electrons. The first-order valence-electron chi connectivity index (χ1n) is 14.3. The van der Waals surface area contributed by atoms with Gasteiger partial charge in [0.05, 0.1) is 35.0 Å². The lowest BCUT2D eigenvalue weighted by molar-refractivity contribution is -0.132. The number of rotatable bonds is 10. The van der Waals surface area contributed by atoms with E-state index in [9.17, 15) is 14.7 Å². The number of benzene rings is 4. The number of anilines is 1. The van der Waals surface area contributed by atoms with Gasteiger partial charge >= 0.3 is 5.91 Å². The molecule has 0 saturated carbocycles. The molecule has 0 spiro atoms. The van der Waals surface area contributed by atoms with E-state index >= 15 is 0 Å². The molecule has 1 fully saturated rings. The normalized spacial score (nSPS) is 16.0. The standard InChI is InChI=1S/C35H30N2O6S/c1-3-41-26-12-8-11-24(19-26)32(38)30-31(23-13-15-25(16-14-23)43-21-22-9-6-5-7-10-22)37(34(40)33(30)39)35-36-28-18-17-27(42-4-2)20-29(28)44-35/h5-20,31,38H,3-4,21H2,1-2H3/b32-30+. The van der Waals surface area contributed by atoms with E-state index in [1.165, 1.54) is 16.2 Å². The molecular weight excluding hydrogens is 576 g/mol. The molecule has 1 unspecified atom stereocenters. The Morgan fingerprint density at radius 3 is 2.25 bits per heavy atom. The van der Waals surface area contributed by atoms with Crippen molar-refractivity contribution in [3.05, 3.63) is 119 Å². The first-order chi connectivity index (χ1) is 21.5. The van der Waals surface area contributed by atoms with Crippen LogP contribution in [0.4, 0.5) is 5.13 Å². The van der Waals surface area contributed by atoms with Crippen LogP contribution >= 0.6 is 11.3 Å². The number of hydrogen-bond donors (Lipinski definition) is 1.